The van der Waals surface area contributed by atoms with Crippen LogP contribution in [0.15, 0.2) is 248 Å². The second-order valence-corrected chi connectivity index (χ2v) is 38.8. The molecule has 8 aliphatic rings. The third-order valence-electron chi connectivity index (χ3n) is 26.8. The van der Waals surface area contributed by atoms with Gasteiger partial charge in [-0.1, -0.05) is 264 Å². The predicted molar refractivity (Wildman–Crippen MR) is 556 cm³/mol. The number of alkyl halides is 1. The number of carbonyl (C=O) groups is 6. The SMILES string of the molecule is BrCc1ccccc1.C/C(=N\O)C1CCCN(Cc2ccccc2)C1.CC(=O)C1CCCN(Cc2ccccc2)C1.CC(=O)NC(C)C1CCCN(Cc2ccccc2)C1.CC(=O)NC(C)C1CCCNC1.CC(N)C1CCCN(Cc2ccccc2)C1.O=C(O)C1CCCN(Cc2ccccc2)C1.O=C(O)C1CCCNC1.O=C(OCc1ccccc1)C1CCCN(Cc2ccccc2)C1.[Na+].[OH-]. The number of amides is 2. The number of carbonyl (C=O) groups excluding carboxylic acids is 4. The molecule has 8 saturated heterocycles. The molecule has 8 fully saturated rings. The van der Waals surface area contributed by atoms with Gasteiger partial charge in [-0.15, -0.1) is 0 Å². The van der Waals surface area contributed by atoms with Crippen LogP contribution in [0.5, 0.6) is 0 Å². The van der Waals surface area contributed by atoms with Gasteiger partial charge in [0.1, 0.15) is 12.4 Å². The van der Waals surface area contributed by atoms with Crippen LogP contribution in [0.1, 0.15) is 196 Å². The number of esters is 1. The van der Waals surface area contributed by atoms with Crippen LogP contribution < -0.4 is 56.6 Å². The van der Waals surface area contributed by atoms with E-state index in [0.29, 0.717) is 61.2 Å². The molecule has 8 aromatic carbocycles. The number of nitrogens with two attached hydrogens (primary N) is 1. The first-order chi connectivity index (χ1) is 65.9. The Kier molecular flexibility index (Phi) is 59.2. The van der Waals surface area contributed by atoms with Crippen molar-refractivity contribution >= 4 is 57.1 Å². The second-order valence-electron chi connectivity index (χ2n) is 38.2. The number of rotatable bonds is 25. The molecule has 0 radical (unpaired) electrons. The van der Waals surface area contributed by atoms with Gasteiger partial charge in [0, 0.05) is 134 Å². The van der Waals surface area contributed by atoms with Crippen LogP contribution in [0.3, 0.4) is 0 Å². The second kappa shape index (κ2) is 69.3. The zero-order valence-electron chi connectivity index (χ0n) is 84.0. The van der Waals surface area contributed by atoms with Crippen LogP contribution in [-0.4, -0.2) is 214 Å². The molecule has 748 valence electrons. The first kappa shape index (κ1) is 118. The maximum Gasteiger partial charge on any atom is 1.00 e. The van der Waals surface area contributed by atoms with Gasteiger partial charge in [0.05, 0.1) is 23.5 Å². The Balaban J connectivity index is 0.000000241. The molecule has 11 unspecified atom stereocenters. The van der Waals surface area contributed by atoms with Gasteiger partial charge < -0.3 is 52.6 Å². The number of ketones is 1. The van der Waals surface area contributed by atoms with Gasteiger partial charge in [-0.2, -0.15) is 0 Å². The average Bonchev–Trinajstić information content (AvgIpc) is 0.881. The molecule has 8 aromatic rings. The molecule has 0 aliphatic carbocycles. The minimum atomic E-state index is -0.665. The summed E-state index contributed by atoms with van der Waals surface area (Å²) in [6.45, 7) is 35.5. The number of nitrogens with one attached hydrogen (secondary N) is 4. The van der Waals surface area contributed by atoms with E-state index in [0.717, 1.165) is 199 Å². The molecule has 8 heterocycles. The van der Waals surface area contributed by atoms with Crippen LogP contribution in [0.25, 0.3) is 0 Å². The summed E-state index contributed by atoms with van der Waals surface area (Å²) in [4.78, 5) is 81.3. The quantitative estimate of drug-likeness (QED) is 0.00658. The van der Waals surface area contributed by atoms with E-state index in [2.05, 4.69) is 250 Å². The third kappa shape index (κ3) is 48.7. The standard InChI is InChI=1S/C20H23NO2.C16H24N2O.C14H20N2O.C14H22N2.C14H19NO.C13H17NO2.C9H18N2O.C7H7Br.C6H11NO2.Na.H2O/c22-20(23-16-18-10-5-2-6-11-18)19-12-7-13-21(15-19)14-17-8-3-1-4-9-17;1-13(17-14(2)19)16-9-6-10-18(12-16)11-15-7-4-3-5-8-15;1-12(15-17)14-8-5-9-16(11-14)10-13-6-3-2-4-7-13;1-12(15)14-8-5-9-16(11-14)10-13-6-3-2-4-7-13;1-12(16)14-8-5-9-15(11-14)10-13-6-3-2-4-7-13;15-13(16)12-7-4-8-14(10-12)9-11-5-2-1-3-6-11;1-7(11-8(2)12)9-4-3-5-10-6-9;8-6-7-4-2-1-3-5-7;8-6(9)5-2-1-3-7-4-5;;/h1-6,8-11,19H,7,12-16H2;3-5,7-8,13,16H,6,9-12H2,1-2H3,(H,17,19);2-4,6-7,14,17H,5,8-11H2,1H3;2-4,6-7,12,14H,5,8-11,15H2,1H3;2-4,6-7,14H,5,8-11H2,1H3;1-3,5-6,12H,4,7-10H2,(H,15,16);7,9-10H,3-6H2,1-2H3,(H,11,12);1-5H,6H2;5,7H,1-4H2,(H,8,9);;1H2/q;;;;;;;;;+1;/p-1/b;;15-12+;;;;;;;;. The maximum absolute atomic E-state index is 12.3. The fourth-order valence-electron chi connectivity index (χ4n) is 19.0. The van der Waals surface area contributed by atoms with Crippen molar-refractivity contribution in [2.75, 3.05) is 105 Å². The number of nitrogens with zero attached hydrogens (tertiary/aromatic N) is 7. The van der Waals surface area contributed by atoms with E-state index in [9.17, 15) is 28.8 Å². The van der Waals surface area contributed by atoms with E-state index in [-0.39, 0.29) is 82.5 Å². The van der Waals surface area contributed by atoms with Crippen molar-refractivity contribution in [1.82, 2.24) is 50.7 Å². The Bertz CT molecular complexity index is 4530. The Labute approximate surface area is 856 Å². The normalized spacial score (nSPS) is 21.4. The largest absolute Gasteiger partial charge is 1.00 e. The van der Waals surface area contributed by atoms with Crippen LogP contribution in [0.4, 0.5) is 0 Å². The number of hydrogen-bond acceptors (Lipinski definition) is 19. The van der Waals surface area contributed by atoms with Crippen LogP contribution in [0.2, 0.25) is 0 Å². The van der Waals surface area contributed by atoms with Crippen molar-refractivity contribution in [1.29, 1.82) is 0 Å². The molecule has 8 aliphatic heterocycles. The molecule has 0 saturated carbocycles. The summed E-state index contributed by atoms with van der Waals surface area (Å²) >= 11 is 3.36. The number of aliphatic carboxylic acids is 2. The van der Waals surface area contributed by atoms with Gasteiger partial charge in [0.25, 0.3) is 0 Å². The van der Waals surface area contributed by atoms with Gasteiger partial charge >= 0.3 is 47.5 Å². The molecule has 25 heteroatoms. The Morgan fingerprint density at radius 3 is 0.978 bits per heavy atom. The first-order valence-electron chi connectivity index (χ1n) is 50.2. The fraction of sp³-hybridized carbons (Fsp3) is 0.513. The summed E-state index contributed by atoms with van der Waals surface area (Å²) in [6.07, 6.45) is 17.7. The zero-order valence-corrected chi connectivity index (χ0v) is 87.5. The number of Topliss-reactive ketones (excluding diaryl/α,β-unsaturated/α-hetero) is 1. The molecular weight excluding hydrogens is 1800 g/mol. The molecule has 2 amide bonds. The number of benzene rings is 8. The van der Waals surface area contributed by atoms with E-state index in [4.69, 9.17) is 25.9 Å². The van der Waals surface area contributed by atoms with Gasteiger partial charge in [0.2, 0.25) is 11.8 Å². The summed E-state index contributed by atoms with van der Waals surface area (Å²) in [5, 5.41) is 43.0. The first-order valence-corrected chi connectivity index (χ1v) is 51.3. The smallest absolute Gasteiger partial charge is 0.870 e. The van der Waals surface area contributed by atoms with Crippen LogP contribution >= 0.6 is 15.9 Å². The number of carboxylic acids is 2. The number of halogens is 1. The molecule has 0 spiro atoms. The number of hydrogen-bond donors (Lipinski definition) is 8. The Morgan fingerprint density at radius 2 is 0.659 bits per heavy atom. The van der Waals surface area contributed by atoms with Gasteiger partial charge in [0.15, 0.2) is 0 Å². The van der Waals surface area contributed by atoms with Gasteiger partial charge in [-0.3, -0.25) is 58.2 Å². The number of likely N-dealkylation sites (tertiary alicyclic amines) is 6. The van der Waals surface area contributed by atoms with Gasteiger partial charge in [-0.05, 0) is 259 Å². The fourth-order valence-corrected chi connectivity index (χ4v) is 19.3. The summed E-state index contributed by atoms with van der Waals surface area (Å²) in [6, 6.07) is 84.0. The number of carboxylic acid groups (broad SMARTS) is 2. The molecule has 0 bridgehead atoms. The average molecular weight is 1970 g/mol. The summed E-state index contributed by atoms with van der Waals surface area (Å²) in [7, 11) is 0. The van der Waals surface area contributed by atoms with E-state index >= 15 is 0 Å². The summed E-state index contributed by atoms with van der Waals surface area (Å²) < 4.78 is 5.50. The maximum atomic E-state index is 12.3. The van der Waals surface area contributed by atoms with E-state index < -0.39 is 11.9 Å². The van der Waals surface area contributed by atoms with Crippen LogP contribution in [-0.2, 0) is 84.7 Å². The number of oxime groups is 1. The van der Waals surface area contributed by atoms with Gasteiger partial charge in [-0.25, -0.2) is 0 Å². The van der Waals surface area contributed by atoms with Crippen molar-refractivity contribution in [2.24, 2.45) is 58.2 Å². The minimum Gasteiger partial charge on any atom is -0.870 e. The Morgan fingerprint density at radius 1 is 0.377 bits per heavy atom. The molecule has 10 N–H and O–H groups in total. The van der Waals surface area contributed by atoms with Crippen molar-refractivity contribution in [2.45, 2.75) is 221 Å². The number of piperidine rings is 8. The predicted octanol–water partition coefficient (Wildman–Crippen LogP) is 15.5. The summed E-state index contributed by atoms with van der Waals surface area (Å²) in [5.41, 5.74) is 17.3. The molecule has 11 atom stereocenters. The van der Waals surface area contributed by atoms with E-state index in [1.807, 2.05) is 91.9 Å². The van der Waals surface area contributed by atoms with Crippen molar-refractivity contribution in [3.63, 3.8) is 0 Å². The number of ether oxygens (including phenoxy) is 1. The third-order valence-corrected chi connectivity index (χ3v) is 27.5. The summed E-state index contributed by atoms with van der Waals surface area (Å²) in [5.74, 6) is 1.33. The Hall–Kier alpha value is -8.67. The van der Waals surface area contributed by atoms with E-state index in [1.165, 1.54) is 90.4 Å². The molecule has 23 nitrogen and oxygen atoms in total. The van der Waals surface area contributed by atoms with Crippen LogP contribution in [0, 0.1) is 47.3 Å². The monoisotopic (exact) mass is 1970 g/mol. The molecule has 0 aromatic heterocycles. The van der Waals surface area contributed by atoms with E-state index in [1.54, 1.807) is 20.8 Å². The van der Waals surface area contributed by atoms with Crippen molar-refractivity contribution in [3.05, 3.63) is 287 Å². The molecular formula is C113H162BrN12NaO11. The topological polar surface area (TPSA) is 308 Å². The molecule has 16 rings (SSSR count). The zero-order chi connectivity index (χ0) is 97.3. The minimum absolute atomic E-state index is 0. The van der Waals surface area contributed by atoms with Crippen molar-refractivity contribution in [3.8, 4) is 0 Å². The molecule has 138 heavy (non-hydrogen) atoms. The van der Waals surface area contributed by atoms with Crippen molar-refractivity contribution < 1.29 is 84.0 Å².